The molecule has 0 spiro atoms. The zero-order valence-electron chi connectivity index (χ0n) is 20.3. The molecular weight excluding hydrogens is 450 g/mol. The van der Waals surface area contributed by atoms with Crippen molar-refractivity contribution in [2.45, 2.75) is 25.5 Å². The normalized spacial score (nSPS) is 16.1. The van der Waals surface area contributed by atoms with E-state index in [1.165, 1.54) is 5.56 Å². The average Bonchev–Trinajstić information content (AvgIpc) is 3.37. The van der Waals surface area contributed by atoms with E-state index in [1.54, 1.807) is 0 Å². The quantitative estimate of drug-likeness (QED) is 0.366. The first-order valence-corrected chi connectivity index (χ1v) is 12.5. The smallest absolute Gasteiger partial charge is 0.220 e. The van der Waals surface area contributed by atoms with Crippen molar-refractivity contribution in [2.75, 3.05) is 26.2 Å². The number of amides is 1. The van der Waals surface area contributed by atoms with Gasteiger partial charge in [0, 0.05) is 50.1 Å². The highest BCUT2D eigenvalue weighted by Crippen LogP contribution is 2.32. The monoisotopic (exact) mass is 481 g/mol. The van der Waals surface area contributed by atoms with Crippen molar-refractivity contribution in [3.05, 3.63) is 102 Å². The minimum absolute atomic E-state index is 0.0116. The molecule has 5 rings (SSSR count). The van der Waals surface area contributed by atoms with Crippen LogP contribution in [0, 0.1) is 0 Å². The molecule has 1 fully saturated rings. The molecule has 1 amide bonds. The fourth-order valence-corrected chi connectivity index (χ4v) is 4.47. The van der Waals surface area contributed by atoms with Crippen molar-refractivity contribution >= 4 is 5.91 Å². The number of carbonyl (C=O) groups is 1. The number of oxazole rings is 1. The number of hydrogen-bond acceptors (Lipinski definition) is 5. The average molecular weight is 482 g/mol. The molecule has 6 nitrogen and oxygen atoms in total. The van der Waals surface area contributed by atoms with Gasteiger partial charge < -0.3 is 14.5 Å². The van der Waals surface area contributed by atoms with E-state index in [-0.39, 0.29) is 12.0 Å². The molecule has 0 aliphatic carbocycles. The molecular formula is C30H31N3O3. The Morgan fingerprint density at radius 1 is 0.917 bits per heavy atom. The van der Waals surface area contributed by atoms with Crippen molar-refractivity contribution in [1.29, 1.82) is 0 Å². The third-order valence-electron chi connectivity index (χ3n) is 6.32. The summed E-state index contributed by atoms with van der Waals surface area (Å²) in [5.74, 6) is 1.26. The lowest BCUT2D eigenvalue weighted by Gasteiger charge is -2.33. The van der Waals surface area contributed by atoms with Gasteiger partial charge in [0.1, 0.15) is 5.69 Å². The Hall–Kier alpha value is -3.74. The summed E-state index contributed by atoms with van der Waals surface area (Å²) in [5, 5.41) is 3.03. The summed E-state index contributed by atoms with van der Waals surface area (Å²) < 4.78 is 12.0. The van der Waals surface area contributed by atoms with Gasteiger partial charge >= 0.3 is 0 Å². The maximum absolute atomic E-state index is 12.6. The van der Waals surface area contributed by atoms with Gasteiger partial charge in [-0.3, -0.25) is 9.69 Å². The molecule has 6 heteroatoms. The van der Waals surface area contributed by atoms with Gasteiger partial charge in [-0.2, -0.15) is 0 Å². The Morgan fingerprint density at radius 2 is 1.58 bits per heavy atom. The number of benzene rings is 3. The molecule has 36 heavy (non-hydrogen) atoms. The number of nitrogens with one attached hydrogen (secondary N) is 1. The molecule has 1 atom stereocenters. The summed E-state index contributed by atoms with van der Waals surface area (Å²) in [6, 6.07) is 30.4. The van der Waals surface area contributed by atoms with Crippen LogP contribution < -0.4 is 5.32 Å². The van der Waals surface area contributed by atoms with Gasteiger partial charge in [0.2, 0.25) is 5.91 Å². The van der Waals surface area contributed by atoms with Gasteiger partial charge in [0.05, 0.1) is 12.7 Å². The molecule has 0 radical (unpaired) electrons. The van der Waals surface area contributed by atoms with Crippen LogP contribution in [0.25, 0.3) is 22.6 Å². The van der Waals surface area contributed by atoms with Gasteiger partial charge in [-0.05, 0) is 5.56 Å². The number of carbonyl (C=O) groups excluding carboxylic acids is 1. The third kappa shape index (κ3) is 6.27. The third-order valence-corrected chi connectivity index (χ3v) is 6.32. The highest BCUT2D eigenvalue weighted by atomic mass is 16.5. The Labute approximate surface area is 211 Å². The maximum atomic E-state index is 12.6. The summed E-state index contributed by atoms with van der Waals surface area (Å²) in [5.41, 5.74) is 4.04. The molecule has 1 aliphatic heterocycles. The maximum Gasteiger partial charge on any atom is 0.220 e. The van der Waals surface area contributed by atoms with E-state index in [0.717, 1.165) is 42.2 Å². The van der Waals surface area contributed by atoms with E-state index in [9.17, 15) is 4.79 Å². The molecule has 2 heterocycles. The first-order valence-electron chi connectivity index (χ1n) is 12.5. The fourth-order valence-electron chi connectivity index (χ4n) is 4.47. The predicted molar refractivity (Wildman–Crippen MR) is 140 cm³/mol. The van der Waals surface area contributed by atoms with Crippen LogP contribution in [-0.2, 0) is 22.5 Å². The van der Waals surface area contributed by atoms with E-state index >= 15 is 0 Å². The zero-order chi connectivity index (χ0) is 24.6. The van der Waals surface area contributed by atoms with Gasteiger partial charge in [-0.1, -0.05) is 91.0 Å². The number of hydrogen-bond donors (Lipinski definition) is 1. The summed E-state index contributed by atoms with van der Waals surface area (Å²) in [7, 11) is 0. The fraction of sp³-hybridized carbons (Fsp3) is 0.267. The Balaban J connectivity index is 1.16. The highest BCUT2D eigenvalue weighted by Gasteiger charge is 2.22. The second-order valence-electron chi connectivity index (χ2n) is 9.03. The Bertz CT molecular complexity index is 1190. The predicted octanol–water partition coefficient (Wildman–Crippen LogP) is 4.96. The molecule has 0 bridgehead atoms. The van der Waals surface area contributed by atoms with Gasteiger partial charge in [0.15, 0.2) is 11.7 Å². The van der Waals surface area contributed by atoms with E-state index in [2.05, 4.69) is 34.5 Å². The number of aromatic nitrogens is 1. The first-order chi connectivity index (χ1) is 17.7. The van der Waals surface area contributed by atoms with E-state index in [4.69, 9.17) is 14.1 Å². The van der Waals surface area contributed by atoms with Crippen LogP contribution in [0.4, 0.5) is 0 Å². The first kappa shape index (κ1) is 24.0. The zero-order valence-corrected chi connectivity index (χ0v) is 20.3. The van der Waals surface area contributed by atoms with Crippen LogP contribution in [0.5, 0.6) is 0 Å². The number of nitrogens with zero attached hydrogens (tertiary/aromatic N) is 2. The van der Waals surface area contributed by atoms with E-state index in [1.807, 2.05) is 66.7 Å². The van der Waals surface area contributed by atoms with Crippen LogP contribution in [-0.4, -0.2) is 48.1 Å². The Kier molecular flexibility index (Phi) is 7.86. The van der Waals surface area contributed by atoms with Crippen LogP contribution >= 0.6 is 0 Å². The van der Waals surface area contributed by atoms with Crippen LogP contribution in [0.1, 0.15) is 17.9 Å². The molecule has 184 valence electrons. The lowest BCUT2D eigenvalue weighted by Crippen LogP contribution is -2.47. The molecule has 1 N–H and O–H groups in total. The van der Waals surface area contributed by atoms with Crippen molar-refractivity contribution < 1.29 is 13.9 Å². The summed E-state index contributed by atoms with van der Waals surface area (Å²) in [6.07, 6.45) is 0.732. The number of ether oxygens (including phenoxy) is 1. The lowest BCUT2D eigenvalue weighted by atomic mass is 10.1. The second-order valence-corrected chi connectivity index (χ2v) is 9.03. The van der Waals surface area contributed by atoms with Crippen molar-refractivity contribution in [3.63, 3.8) is 0 Å². The van der Waals surface area contributed by atoms with E-state index < -0.39 is 0 Å². The molecule has 1 unspecified atom stereocenters. The van der Waals surface area contributed by atoms with E-state index in [0.29, 0.717) is 31.9 Å². The molecule has 4 aromatic rings. The lowest BCUT2D eigenvalue weighted by molar-refractivity contribution is -0.122. The van der Waals surface area contributed by atoms with Gasteiger partial charge in [-0.15, -0.1) is 0 Å². The number of rotatable bonds is 9. The minimum atomic E-state index is -0.0282. The molecule has 1 aromatic heterocycles. The summed E-state index contributed by atoms with van der Waals surface area (Å²) in [4.78, 5) is 19.7. The Morgan fingerprint density at radius 3 is 2.31 bits per heavy atom. The van der Waals surface area contributed by atoms with Crippen molar-refractivity contribution in [2.24, 2.45) is 0 Å². The summed E-state index contributed by atoms with van der Waals surface area (Å²) >= 11 is 0. The molecule has 0 saturated carbocycles. The van der Waals surface area contributed by atoms with Gasteiger partial charge in [0.25, 0.3) is 0 Å². The largest absolute Gasteiger partial charge is 0.440 e. The summed E-state index contributed by atoms with van der Waals surface area (Å²) in [6.45, 7) is 3.77. The molecule has 3 aromatic carbocycles. The molecule has 1 saturated heterocycles. The van der Waals surface area contributed by atoms with Crippen LogP contribution in [0.2, 0.25) is 0 Å². The van der Waals surface area contributed by atoms with Crippen molar-refractivity contribution in [3.8, 4) is 22.6 Å². The van der Waals surface area contributed by atoms with Gasteiger partial charge in [-0.25, -0.2) is 4.98 Å². The van der Waals surface area contributed by atoms with Crippen LogP contribution in [0.15, 0.2) is 95.4 Å². The van der Waals surface area contributed by atoms with Crippen LogP contribution in [0.3, 0.4) is 0 Å². The number of morpholine rings is 1. The van der Waals surface area contributed by atoms with Crippen molar-refractivity contribution in [1.82, 2.24) is 15.2 Å². The SMILES string of the molecule is O=C(CCc1nc(-c2ccccc2)c(-c2ccccc2)o1)NCC1CN(Cc2ccccc2)CCO1. The topological polar surface area (TPSA) is 67.6 Å². The standard InChI is InChI=1S/C30H31N3O3/c34-27(31-20-26-22-33(18-19-35-26)21-23-10-4-1-5-11-23)16-17-28-32-29(24-12-6-2-7-13-24)30(36-28)25-14-8-3-9-15-25/h1-15,26H,16-22H2,(H,31,34). The minimum Gasteiger partial charge on any atom is -0.440 e. The highest BCUT2D eigenvalue weighted by molar-refractivity contribution is 5.77. The second kappa shape index (κ2) is 11.8. The molecule has 1 aliphatic rings. The number of aryl methyl sites for hydroxylation is 1.